The highest BCUT2D eigenvalue weighted by Crippen LogP contribution is 2.11. The number of carbonyl (C=O) groups is 1. The summed E-state index contributed by atoms with van der Waals surface area (Å²) < 4.78 is 1.49. The van der Waals surface area contributed by atoms with Gasteiger partial charge in [-0.25, -0.2) is 9.97 Å². The Morgan fingerprint density at radius 3 is 2.35 bits per heavy atom. The van der Waals surface area contributed by atoms with Crippen LogP contribution in [0.25, 0.3) is 21.8 Å². The van der Waals surface area contributed by atoms with Crippen LogP contribution in [0.1, 0.15) is 25.0 Å². The maximum atomic E-state index is 12.9. The maximum absolute atomic E-state index is 12.9. The molecule has 0 unspecified atom stereocenters. The van der Waals surface area contributed by atoms with Crippen LogP contribution in [0, 0.1) is 0 Å². The number of benzene rings is 2. The summed E-state index contributed by atoms with van der Waals surface area (Å²) in [5.41, 5.74) is 0.872. The van der Waals surface area contributed by atoms with Gasteiger partial charge in [0, 0.05) is 26.4 Å². The summed E-state index contributed by atoms with van der Waals surface area (Å²) in [6, 6.07) is 14.3. The van der Waals surface area contributed by atoms with Crippen LogP contribution in [-0.4, -0.2) is 36.9 Å². The van der Waals surface area contributed by atoms with Crippen molar-refractivity contribution >= 4 is 27.7 Å². The van der Waals surface area contributed by atoms with Crippen LogP contribution in [-0.2, 0) is 24.8 Å². The van der Waals surface area contributed by atoms with Gasteiger partial charge in [-0.1, -0.05) is 24.3 Å². The summed E-state index contributed by atoms with van der Waals surface area (Å²) in [6.45, 7) is 2.56. The fraction of sp³-hybridized carbons (Fsp3) is 0.261. The SMILES string of the molecule is CCN(Cc1nc2ccccc2c(=O)[nH]1)C(=O)CCc1nc2ccccc2c(=O)n1C. The van der Waals surface area contributed by atoms with Gasteiger partial charge in [-0.2, -0.15) is 0 Å². The number of fused-ring (bicyclic) bond motifs is 2. The van der Waals surface area contributed by atoms with Gasteiger partial charge in [0.15, 0.2) is 0 Å². The molecule has 0 fully saturated rings. The van der Waals surface area contributed by atoms with Crippen LogP contribution in [0.15, 0.2) is 58.1 Å². The standard InChI is InChI=1S/C23H23N5O3/c1-3-28(14-19-24-17-10-6-4-8-15(17)22(30)26-19)21(29)13-12-20-25-18-11-7-5-9-16(18)23(31)27(20)2/h4-11H,3,12-14H2,1-2H3,(H,24,26,30). The van der Waals surface area contributed by atoms with Crippen molar-refractivity contribution in [2.75, 3.05) is 6.54 Å². The molecule has 8 heteroatoms. The van der Waals surface area contributed by atoms with Crippen LogP contribution in [0.5, 0.6) is 0 Å². The lowest BCUT2D eigenvalue weighted by atomic mass is 10.2. The number of aromatic amines is 1. The second-order valence-corrected chi connectivity index (χ2v) is 7.35. The summed E-state index contributed by atoms with van der Waals surface area (Å²) in [5.74, 6) is 0.904. The second kappa shape index (κ2) is 8.51. The number of hydrogen-bond donors (Lipinski definition) is 1. The molecule has 2 aromatic heterocycles. The van der Waals surface area contributed by atoms with Gasteiger partial charge >= 0.3 is 0 Å². The normalized spacial score (nSPS) is 11.2. The van der Waals surface area contributed by atoms with Crippen molar-refractivity contribution in [3.63, 3.8) is 0 Å². The van der Waals surface area contributed by atoms with Gasteiger partial charge in [-0.05, 0) is 31.2 Å². The van der Waals surface area contributed by atoms with Gasteiger partial charge in [0.1, 0.15) is 11.6 Å². The molecule has 1 N–H and O–H groups in total. The fourth-order valence-corrected chi connectivity index (χ4v) is 3.63. The highest BCUT2D eigenvalue weighted by Gasteiger charge is 2.16. The summed E-state index contributed by atoms with van der Waals surface area (Å²) in [4.78, 5) is 51.1. The Morgan fingerprint density at radius 2 is 1.65 bits per heavy atom. The molecule has 0 saturated carbocycles. The number of nitrogens with zero attached hydrogens (tertiary/aromatic N) is 4. The quantitative estimate of drug-likeness (QED) is 0.518. The minimum Gasteiger partial charge on any atom is -0.335 e. The number of amides is 1. The van der Waals surface area contributed by atoms with E-state index in [0.717, 1.165) is 0 Å². The number of aromatic nitrogens is 4. The Hall–Kier alpha value is -3.81. The Bertz CT molecular complexity index is 1390. The number of rotatable bonds is 6. The van der Waals surface area contributed by atoms with E-state index in [1.165, 1.54) is 4.57 Å². The van der Waals surface area contributed by atoms with E-state index < -0.39 is 0 Å². The molecule has 0 radical (unpaired) electrons. The van der Waals surface area contributed by atoms with Crippen LogP contribution < -0.4 is 11.1 Å². The molecule has 0 spiro atoms. The minimum atomic E-state index is -0.223. The smallest absolute Gasteiger partial charge is 0.261 e. The summed E-state index contributed by atoms with van der Waals surface area (Å²) in [5, 5.41) is 1.07. The molecule has 0 aliphatic heterocycles. The van der Waals surface area contributed by atoms with Crippen LogP contribution in [0.4, 0.5) is 0 Å². The lowest BCUT2D eigenvalue weighted by Crippen LogP contribution is -2.32. The van der Waals surface area contributed by atoms with Crippen molar-refractivity contribution < 1.29 is 4.79 Å². The van der Waals surface area contributed by atoms with E-state index in [0.29, 0.717) is 46.4 Å². The average molecular weight is 417 g/mol. The molecule has 0 bridgehead atoms. The molecule has 2 aromatic carbocycles. The third kappa shape index (κ3) is 4.09. The van der Waals surface area contributed by atoms with E-state index in [-0.39, 0.29) is 30.0 Å². The predicted octanol–water partition coefficient (Wildman–Crippen LogP) is 2.15. The number of hydrogen-bond acceptors (Lipinski definition) is 5. The molecular formula is C23H23N5O3. The number of para-hydroxylation sites is 2. The minimum absolute atomic E-state index is 0.0966. The monoisotopic (exact) mass is 417 g/mol. The molecule has 2 heterocycles. The fourth-order valence-electron chi connectivity index (χ4n) is 3.63. The van der Waals surface area contributed by atoms with Crippen molar-refractivity contribution in [2.24, 2.45) is 7.05 Å². The first kappa shape index (κ1) is 20.5. The van der Waals surface area contributed by atoms with Gasteiger partial charge in [0.25, 0.3) is 11.1 Å². The molecule has 0 saturated heterocycles. The molecule has 4 aromatic rings. The van der Waals surface area contributed by atoms with Gasteiger partial charge < -0.3 is 9.88 Å². The number of carbonyl (C=O) groups excluding carboxylic acids is 1. The van der Waals surface area contributed by atoms with Crippen LogP contribution in [0.3, 0.4) is 0 Å². The molecule has 0 atom stereocenters. The Morgan fingerprint density at radius 1 is 1.00 bits per heavy atom. The van der Waals surface area contributed by atoms with E-state index in [1.54, 1.807) is 48.3 Å². The molecule has 4 rings (SSSR count). The molecule has 158 valence electrons. The predicted molar refractivity (Wildman–Crippen MR) is 119 cm³/mol. The zero-order valence-electron chi connectivity index (χ0n) is 17.5. The maximum Gasteiger partial charge on any atom is 0.261 e. The number of H-pyrrole nitrogens is 1. The highest BCUT2D eigenvalue weighted by molar-refractivity contribution is 5.79. The van der Waals surface area contributed by atoms with E-state index >= 15 is 0 Å². The van der Waals surface area contributed by atoms with Crippen molar-refractivity contribution in [3.8, 4) is 0 Å². The van der Waals surface area contributed by atoms with Crippen molar-refractivity contribution in [2.45, 2.75) is 26.3 Å². The Labute approximate surface area is 178 Å². The highest BCUT2D eigenvalue weighted by atomic mass is 16.2. The van der Waals surface area contributed by atoms with E-state index in [1.807, 2.05) is 19.1 Å². The third-order valence-corrected chi connectivity index (χ3v) is 5.38. The molecule has 0 aliphatic carbocycles. The molecular weight excluding hydrogens is 394 g/mol. The third-order valence-electron chi connectivity index (χ3n) is 5.38. The van der Waals surface area contributed by atoms with E-state index in [2.05, 4.69) is 15.0 Å². The van der Waals surface area contributed by atoms with Gasteiger partial charge in [0.05, 0.1) is 28.4 Å². The van der Waals surface area contributed by atoms with Crippen molar-refractivity contribution in [1.29, 1.82) is 0 Å². The summed E-state index contributed by atoms with van der Waals surface area (Å²) >= 11 is 0. The van der Waals surface area contributed by atoms with Gasteiger partial charge in [0.2, 0.25) is 5.91 Å². The Balaban J connectivity index is 1.51. The molecule has 8 nitrogen and oxygen atoms in total. The average Bonchev–Trinajstić information content (AvgIpc) is 2.78. The summed E-state index contributed by atoms with van der Waals surface area (Å²) in [7, 11) is 1.67. The zero-order chi connectivity index (χ0) is 22.0. The Kier molecular flexibility index (Phi) is 5.62. The lowest BCUT2D eigenvalue weighted by Gasteiger charge is -2.20. The first-order valence-corrected chi connectivity index (χ1v) is 10.2. The van der Waals surface area contributed by atoms with Crippen LogP contribution in [0.2, 0.25) is 0 Å². The van der Waals surface area contributed by atoms with Gasteiger partial charge in [-0.3, -0.25) is 19.0 Å². The van der Waals surface area contributed by atoms with E-state index in [4.69, 9.17) is 0 Å². The first-order chi connectivity index (χ1) is 15.0. The second-order valence-electron chi connectivity index (χ2n) is 7.35. The van der Waals surface area contributed by atoms with Crippen LogP contribution >= 0.6 is 0 Å². The molecule has 1 amide bonds. The molecule has 31 heavy (non-hydrogen) atoms. The zero-order valence-corrected chi connectivity index (χ0v) is 17.5. The summed E-state index contributed by atoms with van der Waals surface area (Å²) in [6.07, 6.45) is 0.540. The number of aryl methyl sites for hydroxylation is 1. The lowest BCUT2D eigenvalue weighted by molar-refractivity contribution is -0.131. The largest absolute Gasteiger partial charge is 0.335 e. The molecule has 0 aliphatic rings. The van der Waals surface area contributed by atoms with E-state index in [9.17, 15) is 14.4 Å². The number of nitrogens with one attached hydrogen (secondary N) is 1. The first-order valence-electron chi connectivity index (χ1n) is 10.2. The van der Waals surface area contributed by atoms with Crippen molar-refractivity contribution in [3.05, 3.63) is 80.9 Å². The topological polar surface area (TPSA) is 101 Å². The van der Waals surface area contributed by atoms with Gasteiger partial charge in [-0.15, -0.1) is 0 Å². The van der Waals surface area contributed by atoms with Crippen molar-refractivity contribution in [1.82, 2.24) is 24.4 Å².